The van der Waals surface area contributed by atoms with E-state index in [2.05, 4.69) is 25.7 Å². The Morgan fingerprint density at radius 3 is 2.58 bits per heavy atom. The molecule has 174 valence electrons. The number of hydrogen-bond acceptors (Lipinski definition) is 5. The van der Waals surface area contributed by atoms with Crippen molar-refractivity contribution in [2.24, 2.45) is 5.92 Å². The summed E-state index contributed by atoms with van der Waals surface area (Å²) in [5.41, 5.74) is 3.44. The number of anilines is 1. The second-order valence-corrected chi connectivity index (χ2v) is 11.0. The van der Waals surface area contributed by atoms with Gasteiger partial charge in [0.2, 0.25) is 0 Å². The summed E-state index contributed by atoms with van der Waals surface area (Å²) in [4.78, 5) is 30.3. The Kier molecular flexibility index (Phi) is 6.12. The summed E-state index contributed by atoms with van der Waals surface area (Å²) in [6.07, 6.45) is 4.56. The molecule has 2 atom stereocenters. The molecule has 0 saturated carbocycles. The Hall–Kier alpha value is -2.47. The average molecular weight is 463 g/mol. The zero-order chi connectivity index (χ0) is 23.1. The molecular formula is C27H34N4OS. The van der Waals surface area contributed by atoms with Gasteiger partial charge in [0.15, 0.2) is 0 Å². The predicted molar refractivity (Wildman–Crippen MR) is 137 cm³/mol. The first-order valence-corrected chi connectivity index (χ1v) is 13.2. The smallest absolute Gasteiger partial charge is 0.253 e. The van der Waals surface area contributed by atoms with Crippen LogP contribution in [0.3, 0.4) is 0 Å². The average Bonchev–Trinajstić information content (AvgIpc) is 3.20. The summed E-state index contributed by atoms with van der Waals surface area (Å²) in [5, 5.41) is 1.28. The van der Waals surface area contributed by atoms with Crippen molar-refractivity contribution < 1.29 is 4.79 Å². The Morgan fingerprint density at radius 2 is 1.88 bits per heavy atom. The first-order chi connectivity index (χ1) is 15.9. The molecule has 0 spiro atoms. The molecule has 3 aromatic rings. The molecule has 33 heavy (non-hydrogen) atoms. The van der Waals surface area contributed by atoms with Crippen molar-refractivity contribution >= 4 is 33.3 Å². The lowest BCUT2D eigenvalue weighted by molar-refractivity contribution is 0.0746. The zero-order valence-electron chi connectivity index (χ0n) is 20.2. The van der Waals surface area contributed by atoms with E-state index in [0.717, 1.165) is 73.4 Å². The van der Waals surface area contributed by atoms with Crippen LogP contribution in [0.15, 0.2) is 24.3 Å². The van der Waals surface area contributed by atoms with Crippen LogP contribution in [-0.2, 0) is 12.8 Å². The minimum atomic E-state index is 0.129. The van der Waals surface area contributed by atoms with Gasteiger partial charge in [0, 0.05) is 42.5 Å². The van der Waals surface area contributed by atoms with Crippen LogP contribution >= 0.6 is 11.3 Å². The van der Waals surface area contributed by atoms with Gasteiger partial charge in [-0.05, 0) is 56.2 Å². The maximum Gasteiger partial charge on any atom is 0.253 e. The van der Waals surface area contributed by atoms with Gasteiger partial charge in [-0.25, -0.2) is 9.97 Å². The SMILES string of the molecule is CCC(C)c1nc(N2CCN(C(=O)c3ccc(C)cc3)CC2)c2c3c(sc2n1)CC(C)CC3. The maximum atomic E-state index is 13.0. The number of piperazine rings is 1. The number of thiophene rings is 1. The fraction of sp³-hybridized carbons (Fsp3) is 0.519. The first kappa shape index (κ1) is 22.3. The Bertz CT molecular complexity index is 1160. The van der Waals surface area contributed by atoms with E-state index >= 15 is 0 Å². The van der Waals surface area contributed by atoms with Crippen LogP contribution in [-0.4, -0.2) is 47.0 Å². The fourth-order valence-electron chi connectivity index (χ4n) is 4.97. The normalized spacial score (nSPS) is 19.6. The standard InChI is InChI=1S/C27H34N4OS/c1-5-19(4)24-28-25(23-21-11-8-18(3)16-22(21)33-26(23)29-24)30-12-14-31(15-13-30)27(32)20-9-6-17(2)7-10-20/h6-7,9-10,18-19H,5,8,11-16H2,1-4H3. The van der Waals surface area contributed by atoms with Gasteiger partial charge in [-0.2, -0.15) is 0 Å². The Labute approximate surface area is 200 Å². The monoisotopic (exact) mass is 462 g/mol. The summed E-state index contributed by atoms with van der Waals surface area (Å²) in [7, 11) is 0. The molecule has 1 fully saturated rings. The third-order valence-electron chi connectivity index (χ3n) is 7.37. The lowest BCUT2D eigenvalue weighted by atomic mass is 9.89. The van der Waals surface area contributed by atoms with Crippen LogP contribution < -0.4 is 4.90 Å². The van der Waals surface area contributed by atoms with E-state index in [1.165, 1.54) is 27.8 Å². The van der Waals surface area contributed by atoms with Crippen LogP contribution in [0.2, 0.25) is 0 Å². The van der Waals surface area contributed by atoms with Gasteiger partial charge >= 0.3 is 0 Å². The lowest BCUT2D eigenvalue weighted by Gasteiger charge is -2.36. The maximum absolute atomic E-state index is 13.0. The number of aryl methyl sites for hydroxylation is 2. The van der Waals surface area contributed by atoms with Gasteiger partial charge in [-0.3, -0.25) is 4.79 Å². The van der Waals surface area contributed by atoms with E-state index in [0.29, 0.717) is 5.92 Å². The summed E-state index contributed by atoms with van der Waals surface area (Å²) >= 11 is 1.89. The first-order valence-electron chi connectivity index (χ1n) is 12.4. The summed E-state index contributed by atoms with van der Waals surface area (Å²) < 4.78 is 0. The van der Waals surface area contributed by atoms with E-state index < -0.39 is 0 Å². The van der Waals surface area contributed by atoms with Crippen molar-refractivity contribution in [1.82, 2.24) is 14.9 Å². The zero-order valence-corrected chi connectivity index (χ0v) is 21.0. The number of carbonyl (C=O) groups is 1. The largest absolute Gasteiger partial charge is 0.352 e. The second-order valence-electron chi connectivity index (χ2n) is 9.89. The molecule has 1 aliphatic carbocycles. The van der Waals surface area contributed by atoms with Crippen LogP contribution in [0, 0.1) is 12.8 Å². The van der Waals surface area contributed by atoms with E-state index in [1.54, 1.807) is 0 Å². The van der Waals surface area contributed by atoms with Crippen LogP contribution in [0.5, 0.6) is 0 Å². The number of carbonyl (C=O) groups excluding carboxylic acids is 1. The highest BCUT2D eigenvalue weighted by Crippen LogP contribution is 2.42. The van der Waals surface area contributed by atoms with Crippen molar-refractivity contribution in [3.8, 4) is 0 Å². The molecule has 1 amide bonds. The quantitative estimate of drug-likeness (QED) is 0.506. The summed E-state index contributed by atoms with van der Waals surface area (Å²) in [5.74, 6) is 3.28. The highest BCUT2D eigenvalue weighted by molar-refractivity contribution is 7.19. The summed E-state index contributed by atoms with van der Waals surface area (Å²) in [6, 6.07) is 7.90. The molecule has 0 N–H and O–H groups in total. The van der Waals surface area contributed by atoms with Crippen molar-refractivity contribution in [2.75, 3.05) is 31.1 Å². The van der Waals surface area contributed by atoms with Crippen molar-refractivity contribution in [3.05, 3.63) is 51.7 Å². The van der Waals surface area contributed by atoms with E-state index in [-0.39, 0.29) is 5.91 Å². The molecule has 6 heteroatoms. The highest BCUT2D eigenvalue weighted by Gasteiger charge is 2.29. The number of fused-ring (bicyclic) bond motifs is 3. The molecule has 0 bridgehead atoms. The minimum Gasteiger partial charge on any atom is -0.352 e. The molecular weight excluding hydrogens is 428 g/mol. The third-order valence-corrected chi connectivity index (χ3v) is 8.52. The topological polar surface area (TPSA) is 49.3 Å². The van der Waals surface area contributed by atoms with Gasteiger partial charge in [0.25, 0.3) is 5.91 Å². The Balaban J connectivity index is 1.44. The second kappa shape index (κ2) is 9.05. The predicted octanol–water partition coefficient (Wildman–Crippen LogP) is 5.60. The molecule has 1 saturated heterocycles. The molecule has 5 rings (SSSR count). The summed E-state index contributed by atoms with van der Waals surface area (Å²) in [6.45, 7) is 11.9. The molecule has 0 radical (unpaired) electrons. The number of nitrogens with zero attached hydrogens (tertiary/aromatic N) is 4. The van der Waals surface area contributed by atoms with Gasteiger partial charge < -0.3 is 9.80 Å². The molecule has 1 aliphatic heterocycles. The fourth-order valence-corrected chi connectivity index (χ4v) is 6.36. The van der Waals surface area contributed by atoms with Crippen LogP contribution in [0.1, 0.15) is 71.7 Å². The molecule has 1 aromatic carbocycles. The minimum absolute atomic E-state index is 0.129. The molecule has 5 nitrogen and oxygen atoms in total. The number of aromatic nitrogens is 2. The molecule has 3 heterocycles. The molecule has 2 aromatic heterocycles. The number of hydrogen-bond donors (Lipinski definition) is 0. The van der Waals surface area contributed by atoms with E-state index in [9.17, 15) is 4.79 Å². The molecule has 2 unspecified atom stereocenters. The van der Waals surface area contributed by atoms with Crippen molar-refractivity contribution in [1.29, 1.82) is 0 Å². The van der Waals surface area contributed by atoms with Crippen molar-refractivity contribution in [2.45, 2.75) is 59.3 Å². The van der Waals surface area contributed by atoms with Crippen LogP contribution in [0.25, 0.3) is 10.2 Å². The number of rotatable bonds is 4. The van der Waals surface area contributed by atoms with E-state index in [4.69, 9.17) is 9.97 Å². The van der Waals surface area contributed by atoms with Gasteiger partial charge in [-0.15, -0.1) is 11.3 Å². The van der Waals surface area contributed by atoms with Crippen molar-refractivity contribution in [3.63, 3.8) is 0 Å². The van der Waals surface area contributed by atoms with E-state index in [1.807, 2.05) is 47.4 Å². The molecule has 2 aliphatic rings. The van der Waals surface area contributed by atoms with Gasteiger partial charge in [0.1, 0.15) is 16.5 Å². The number of amides is 1. The van der Waals surface area contributed by atoms with Gasteiger partial charge in [-0.1, -0.05) is 38.5 Å². The lowest BCUT2D eigenvalue weighted by Crippen LogP contribution is -2.49. The third kappa shape index (κ3) is 4.25. The Morgan fingerprint density at radius 1 is 1.15 bits per heavy atom. The van der Waals surface area contributed by atoms with Gasteiger partial charge in [0.05, 0.1) is 5.39 Å². The number of benzene rings is 1. The van der Waals surface area contributed by atoms with Crippen LogP contribution in [0.4, 0.5) is 5.82 Å². The highest BCUT2D eigenvalue weighted by atomic mass is 32.1.